The average molecular weight is 371 g/mol. The van der Waals surface area contributed by atoms with E-state index in [0.29, 0.717) is 25.2 Å². The molecule has 1 saturated carbocycles. The van der Waals surface area contributed by atoms with Gasteiger partial charge < -0.3 is 9.88 Å². The lowest BCUT2D eigenvalue weighted by Gasteiger charge is -2.30. The van der Waals surface area contributed by atoms with E-state index in [9.17, 15) is 4.79 Å². The summed E-state index contributed by atoms with van der Waals surface area (Å²) in [5, 5.41) is 9.07. The maximum Gasteiger partial charge on any atom is 0.291 e. The highest BCUT2D eigenvalue weighted by Crippen LogP contribution is 2.33. The number of nitrogens with one attached hydrogen (secondary N) is 1. The van der Waals surface area contributed by atoms with E-state index in [4.69, 9.17) is 0 Å². The minimum absolute atomic E-state index is 0.00115. The summed E-state index contributed by atoms with van der Waals surface area (Å²) in [7, 11) is 0. The summed E-state index contributed by atoms with van der Waals surface area (Å²) >= 11 is 1.72. The zero-order valence-corrected chi connectivity index (χ0v) is 16.3. The third kappa shape index (κ3) is 3.01. The summed E-state index contributed by atoms with van der Waals surface area (Å²) in [6, 6.07) is 3.21. The van der Waals surface area contributed by atoms with Crippen molar-refractivity contribution in [1.82, 2.24) is 19.7 Å². The van der Waals surface area contributed by atoms with E-state index in [1.54, 1.807) is 16.0 Å². The monoisotopic (exact) mass is 370 g/mol. The van der Waals surface area contributed by atoms with Gasteiger partial charge in [-0.25, -0.2) is 4.68 Å². The number of hydrogen-bond acceptors (Lipinski definition) is 4. The Bertz CT molecular complexity index is 1010. The minimum Gasteiger partial charge on any atom is -0.331 e. The van der Waals surface area contributed by atoms with E-state index in [-0.39, 0.29) is 5.56 Å². The van der Waals surface area contributed by atoms with Crippen LogP contribution in [0.3, 0.4) is 0 Å². The van der Waals surface area contributed by atoms with Gasteiger partial charge in [0, 0.05) is 35.4 Å². The first-order valence-electron chi connectivity index (χ1n) is 9.44. The standard InChI is InChI=1S/C20H26N4OS/c1-4-9-23-17-11-14(3)26-19(17)16-12-21-24(20(25)18(16)23)10-8-13(2)22-15-6-5-7-15/h4,11-13,15,22H,1,5-10H2,2-3H3. The molecular formula is C20H26N4OS. The van der Waals surface area contributed by atoms with Crippen LogP contribution in [-0.4, -0.2) is 26.4 Å². The number of aryl methyl sites for hydroxylation is 2. The average Bonchev–Trinajstić information content (AvgIpc) is 3.08. The van der Waals surface area contributed by atoms with E-state index < -0.39 is 0 Å². The topological polar surface area (TPSA) is 51.9 Å². The molecule has 5 nitrogen and oxygen atoms in total. The molecule has 1 atom stereocenters. The van der Waals surface area contributed by atoms with Crippen molar-refractivity contribution in [2.75, 3.05) is 0 Å². The highest BCUT2D eigenvalue weighted by molar-refractivity contribution is 7.20. The Balaban J connectivity index is 1.66. The van der Waals surface area contributed by atoms with Gasteiger partial charge in [-0.1, -0.05) is 12.5 Å². The Morgan fingerprint density at radius 1 is 1.50 bits per heavy atom. The molecule has 1 unspecified atom stereocenters. The molecule has 0 bridgehead atoms. The van der Waals surface area contributed by atoms with Crippen LogP contribution in [0.25, 0.3) is 21.1 Å². The lowest BCUT2D eigenvalue weighted by molar-refractivity contribution is 0.297. The third-order valence-corrected chi connectivity index (χ3v) is 6.44. The van der Waals surface area contributed by atoms with Gasteiger partial charge in [0.25, 0.3) is 5.56 Å². The second-order valence-electron chi connectivity index (χ2n) is 7.39. The van der Waals surface area contributed by atoms with E-state index in [0.717, 1.165) is 27.5 Å². The summed E-state index contributed by atoms with van der Waals surface area (Å²) in [4.78, 5) is 14.4. The molecule has 0 aliphatic heterocycles. The maximum atomic E-state index is 13.1. The van der Waals surface area contributed by atoms with Crippen LogP contribution in [0.1, 0.15) is 37.5 Å². The van der Waals surface area contributed by atoms with Crippen molar-refractivity contribution in [3.8, 4) is 0 Å². The van der Waals surface area contributed by atoms with Gasteiger partial charge in [-0.15, -0.1) is 17.9 Å². The van der Waals surface area contributed by atoms with Crippen LogP contribution in [-0.2, 0) is 13.1 Å². The van der Waals surface area contributed by atoms with Gasteiger partial charge in [0.1, 0.15) is 5.52 Å². The normalized spacial score (nSPS) is 16.2. The first-order valence-corrected chi connectivity index (χ1v) is 10.3. The van der Waals surface area contributed by atoms with Crippen LogP contribution in [0, 0.1) is 6.92 Å². The van der Waals surface area contributed by atoms with Crippen molar-refractivity contribution >= 4 is 32.5 Å². The van der Waals surface area contributed by atoms with Gasteiger partial charge in [-0.3, -0.25) is 4.79 Å². The molecule has 0 saturated heterocycles. The van der Waals surface area contributed by atoms with Gasteiger partial charge in [0.2, 0.25) is 0 Å². The fourth-order valence-corrected chi connectivity index (χ4v) is 4.80. The Labute approximate surface area is 157 Å². The number of aromatic nitrogens is 3. The number of fused-ring (bicyclic) bond motifs is 3. The van der Waals surface area contributed by atoms with Crippen LogP contribution in [0.15, 0.2) is 29.7 Å². The van der Waals surface area contributed by atoms with E-state index in [2.05, 4.69) is 41.5 Å². The van der Waals surface area contributed by atoms with Gasteiger partial charge in [0.05, 0.1) is 16.4 Å². The zero-order valence-electron chi connectivity index (χ0n) is 15.5. The summed E-state index contributed by atoms with van der Waals surface area (Å²) in [5.74, 6) is 0. The minimum atomic E-state index is 0.00115. The number of hydrogen-bond donors (Lipinski definition) is 1. The van der Waals surface area contributed by atoms with Gasteiger partial charge >= 0.3 is 0 Å². The summed E-state index contributed by atoms with van der Waals surface area (Å²) in [6.07, 6.45) is 8.50. The van der Waals surface area contributed by atoms with Crippen LogP contribution in [0.2, 0.25) is 0 Å². The molecule has 0 aromatic carbocycles. The summed E-state index contributed by atoms with van der Waals surface area (Å²) in [6.45, 7) is 9.43. The van der Waals surface area contributed by atoms with Crippen LogP contribution in [0.5, 0.6) is 0 Å². The Kier molecular flexibility index (Phi) is 4.71. The molecular weight excluding hydrogens is 344 g/mol. The van der Waals surface area contributed by atoms with Crippen molar-refractivity contribution < 1.29 is 0 Å². The molecule has 26 heavy (non-hydrogen) atoms. The van der Waals surface area contributed by atoms with E-state index in [1.165, 1.54) is 24.1 Å². The van der Waals surface area contributed by atoms with Crippen molar-refractivity contribution in [2.24, 2.45) is 0 Å². The predicted octanol–water partition coefficient (Wildman–Crippen LogP) is 3.83. The second kappa shape index (κ2) is 7.00. The number of thiophene rings is 1. The van der Waals surface area contributed by atoms with E-state index >= 15 is 0 Å². The number of rotatable bonds is 7. The number of nitrogens with zero attached hydrogens (tertiary/aromatic N) is 3. The molecule has 3 aromatic heterocycles. The summed E-state index contributed by atoms with van der Waals surface area (Å²) in [5.41, 5.74) is 1.86. The quantitative estimate of drug-likeness (QED) is 0.643. The molecule has 0 spiro atoms. The first kappa shape index (κ1) is 17.5. The van der Waals surface area contributed by atoms with E-state index in [1.807, 2.05) is 12.3 Å². The van der Waals surface area contributed by atoms with Gasteiger partial charge in [-0.2, -0.15) is 5.10 Å². The predicted molar refractivity (Wildman–Crippen MR) is 109 cm³/mol. The summed E-state index contributed by atoms with van der Waals surface area (Å²) < 4.78 is 4.85. The Hall–Kier alpha value is -1.92. The first-order chi connectivity index (χ1) is 12.6. The highest BCUT2D eigenvalue weighted by atomic mass is 32.1. The largest absolute Gasteiger partial charge is 0.331 e. The van der Waals surface area contributed by atoms with Crippen LogP contribution in [0.4, 0.5) is 0 Å². The fourth-order valence-electron chi connectivity index (χ4n) is 3.77. The molecule has 1 fully saturated rings. The molecule has 0 amide bonds. The Morgan fingerprint density at radius 2 is 2.31 bits per heavy atom. The molecule has 1 aliphatic carbocycles. The van der Waals surface area contributed by atoms with Crippen LogP contribution < -0.4 is 10.9 Å². The molecule has 138 valence electrons. The smallest absolute Gasteiger partial charge is 0.291 e. The van der Waals surface area contributed by atoms with Gasteiger partial charge in [-0.05, 0) is 39.2 Å². The number of allylic oxidation sites excluding steroid dienone is 1. The molecule has 3 aromatic rings. The molecule has 3 heterocycles. The third-order valence-electron chi connectivity index (χ3n) is 5.37. The SMILES string of the molecule is C=CCn1c2cc(C)sc2c2cnn(CCC(C)NC3CCC3)c(=O)c21. The van der Waals surface area contributed by atoms with Crippen molar-refractivity contribution in [3.63, 3.8) is 0 Å². The highest BCUT2D eigenvalue weighted by Gasteiger charge is 2.20. The Morgan fingerprint density at radius 3 is 3.00 bits per heavy atom. The van der Waals surface area contributed by atoms with Crippen molar-refractivity contribution in [1.29, 1.82) is 0 Å². The zero-order chi connectivity index (χ0) is 18.3. The lowest BCUT2D eigenvalue weighted by atomic mass is 9.92. The van der Waals surface area contributed by atoms with Crippen molar-refractivity contribution in [2.45, 2.75) is 64.7 Å². The van der Waals surface area contributed by atoms with Crippen LogP contribution >= 0.6 is 11.3 Å². The van der Waals surface area contributed by atoms with Crippen molar-refractivity contribution in [3.05, 3.63) is 40.1 Å². The molecule has 1 aliphatic rings. The maximum absolute atomic E-state index is 13.1. The molecule has 6 heteroatoms. The fraction of sp³-hybridized carbons (Fsp3) is 0.500. The molecule has 0 radical (unpaired) electrons. The lowest BCUT2D eigenvalue weighted by Crippen LogP contribution is -2.41. The van der Waals surface area contributed by atoms with Gasteiger partial charge in [0.15, 0.2) is 0 Å². The molecule has 4 rings (SSSR count). The second-order valence-corrected chi connectivity index (χ2v) is 8.65. The molecule has 1 N–H and O–H groups in total.